The van der Waals surface area contributed by atoms with Crippen LogP contribution in [0, 0.1) is 0 Å². The van der Waals surface area contributed by atoms with Crippen LogP contribution in [0.1, 0.15) is 17.0 Å². The van der Waals surface area contributed by atoms with Gasteiger partial charge in [0.05, 0.1) is 0 Å². The molecule has 0 spiro atoms. The molecule has 3 atom stereocenters. The Morgan fingerprint density at radius 1 is 1.05 bits per heavy atom. The molecule has 4 rings (SSSR count). The fourth-order valence-electron chi connectivity index (χ4n) is 4.10. The normalized spacial score (nSPS) is 28.4. The van der Waals surface area contributed by atoms with Crippen LogP contribution >= 0.6 is 0 Å². The van der Waals surface area contributed by atoms with Gasteiger partial charge in [-0.1, -0.05) is 0 Å². The Bertz CT molecular complexity index is 670. The Balaban J connectivity index is 1.59. The molecule has 1 unspecified atom stereocenters. The van der Waals surface area contributed by atoms with Gasteiger partial charge in [0.1, 0.15) is 0 Å². The first-order valence-electron chi connectivity index (χ1n) is 8.08. The summed E-state index contributed by atoms with van der Waals surface area (Å²) in [6, 6.07) is 20.0. The second-order valence-electron chi connectivity index (χ2n) is 6.92. The van der Waals surface area contributed by atoms with Gasteiger partial charge in [-0.3, -0.25) is 0 Å². The van der Waals surface area contributed by atoms with E-state index >= 15 is 0 Å². The first-order valence-corrected chi connectivity index (χ1v) is 13.1. The minimum atomic E-state index is -1.57. The van der Waals surface area contributed by atoms with Gasteiger partial charge in [0.15, 0.2) is 0 Å². The molecule has 1 aliphatic heterocycles. The van der Waals surface area contributed by atoms with Gasteiger partial charge in [-0.15, -0.1) is 0 Å². The van der Waals surface area contributed by atoms with Gasteiger partial charge in [0, 0.05) is 0 Å². The molecule has 1 saturated heterocycles. The molecular formula is C19H22OSeSi. The molecule has 0 bridgehead atoms. The van der Waals surface area contributed by atoms with Crippen molar-refractivity contribution in [3.05, 3.63) is 65.7 Å². The van der Waals surface area contributed by atoms with Crippen molar-refractivity contribution in [2.75, 3.05) is 0 Å². The number of fused-ring (bicyclic) bond motifs is 3. The topological polar surface area (TPSA) is 9.23 Å². The molecule has 1 aliphatic carbocycles. The van der Waals surface area contributed by atoms with Crippen molar-refractivity contribution in [1.82, 2.24) is 0 Å². The molecule has 1 fully saturated rings. The molecule has 3 heteroatoms. The summed E-state index contributed by atoms with van der Waals surface area (Å²) in [7, 11) is -1.57. The molecule has 114 valence electrons. The van der Waals surface area contributed by atoms with Crippen LogP contribution in [0.15, 0.2) is 54.6 Å². The van der Waals surface area contributed by atoms with Crippen LogP contribution in [-0.2, 0) is 10.8 Å². The molecule has 0 aromatic heterocycles. The summed E-state index contributed by atoms with van der Waals surface area (Å²) in [5, 5.41) is 1.33. The van der Waals surface area contributed by atoms with Crippen LogP contribution in [0.2, 0.25) is 24.0 Å². The molecule has 1 heterocycles. The molecule has 2 aromatic carbocycles. The molecule has 0 N–H and O–H groups in total. The monoisotopic (exact) mass is 374 g/mol. The second kappa shape index (κ2) is 5.65. The van der Waals surface area contributed by atoms with E-state index in [4.69, 9.17) is 4.43 Å². The third kappa shape index (κ3) is 2.50. The molecule has 1 nitrogen and oxygen atoms in total. The summed E-state index contributed by atoms with van der Waals surface area (Å²) in [5.74, 6) is 0.656. The van der Waals surface area contributed by atoms with E-state index in [9.17, 15) is 0 Å². The van der Waals surface area contributed by atoms with Gasteiger partial charge in [-0.2, -0.15) is 0 Å². The molecule has 2 aromatic rings. The van der Waals surface area contributed by atoms with E-state index in [-0.39, 0.29) is 0 Å². The Kier molecular flexibility index (Phi) is 3.78. The quantitative estimate of drug-likeness (QED) is 0.745. The summed E-state index contributed by atoms with van der Waals surface area (Å²) >= 11 is 0.561. The van der Waals surface area contributed by atoms with Crippen molar-refractivity contribution in [2.24, 2.45) is 0 Å². The Labute approximate surface area is 140 Å². The van der Waals surface area contributed by atoms with E-state index in [1.54, 1.807) is 5.56 Å². The summed E-state index contributed by atoms with van der Waals surface area (Å²) in [4.78, 5) is 0. The van der Waals surface area contributed by atoms with Crippen molar-refractivity contribution in [3.8, 4) is 0 Å². The predicted molar refractivity (Wildman–Crippen MR) is 95.6 cm³/mol. The van der Waals surface area contributed by atoms with Gasteiger partial charge in [-0.25, -0.2) is 0 Å². The van der Waals surface area contributed by atoms with Gasteiger partial charge in [0.25, 0.3) is 0 Å². The van der Waals surface area contributed by atoms with Crippen molar-refractivity contribution in [3.63, 3.8) is 0 Å². The number of hydrogen-bond donors (Lipinski definition) is 0. The van der Waals surface area contributed by atoms with Crippen LogP contribution < -0.4 is 4.46 Å². The molecular weight excluding hydrogens is 351 g/mol. The Hall–Kier alpha value is -0.864. The molecule has 0 saturated carbocycles. The van der Waals surface area contributed by atoms with Crippen LogP contribution in [0.25, 0.3) is 0 Å². The third-order valence-electron chi connectivity index (χ3n) is 5.19. The van der Waals surface area contributed by atoms with Gasteiger partial charge < -0.3 is 0 Å². The van der Waals surface area contributed by atoms with Crippen LogP contribution in [0.5, 0.6) is 0 Å². The standard InChI is InChI=1S/C19H22OSeSi/c1-22(2)18(13-21-15-9-4-3-5-10-15)19-16-11-7-6-8-14(16)12-17(19)20-22/h3-11,17-19H,12-13H2,1-2H3/t17-,18?,19+/m0/s1. The van der Waals surface area contributed by atoms with Crippen LogP contribution in [0.3, 0.4) is 0 Å². The molecule has 0 radical (unpaired) electrons. The maximum absolute atomic E-state index is 6.61. The maximum atomic E-state index is 6.61. The average molecular weight is 373 g/mol. The summed E-state index contributed by atoms with van der Waals surface area (Å²) in [6.45, 7) is 4.86. The number of hydrogen-bond acceptors (Lipinski definition) is 1. The first-order chi connectivity index (χ1) is 10.6. The average Bonchev–Trinajstić information content (AvgIpc) is 2.97. The van der Waals surface area contributed by atoms with Crippen molar-refractivity contribution in [2.45, 2.75) is 42.4 Å². The van der Waals surface area contributed by atoms with Crippen molar-refractivity contribution < 1.29 is 4.43 Å². The number of rotatable bonds is 3. The molecule has 0 amide bonds. The predicted octanol–water partition coefficient (Wildman–Crippen LogP) is 3.75. The second-order valence-corrected chi connectivity index (χ2v) is 13.4. The molecule has 2 aliphatic rings. The zero-order valence-corrected chi connectivity index (χ0v) is 15.9. The third-order valence-corrected chi connectivity index (χ3v) is 11.5. The zero-order chi connectivity index (χ0) is 15.2. The van der Waals surface area contributed by atoms with Gasteiger partial charge >= 0.3 is 140 Å². The van der Waals surface area contributed by atoms with E-state index in [2.05, 4.69) is 67.7 Å². The Morgan fingerprint density at radius 2 is 1.77 bits per heavy atom. The summed E-state index contributed by atoms with van der Waals surface area (Å²) < 4.78 is 8.13. The molecule has 22 heavy (non-hydrogen) atoms. The summed E-state index contributed by atoms with van der Waals surface area (Å²) in [6.07, 6.45) is 1.59. The van der Waals surface area contributed by atoms with E-state index < -0.39 is 8.32 Å². The van der Waals surface area contributed by atoms with Gasteiger partial charge in [-0.05, 0) is 0 Å². The van der Waals surface area contributed by atoms with Crippen molar-refractivity contribution in [1.29, 1.82) is 0 Å². The zero-order valence-electron chi connectivity index (χ0n) is 13.2. The van der Waals surface area contributed by atoms with Gasteiger partial charge in [0.2, 0.25) is 0 Å². The van der Waals surface area contributed by atoms with Crippen LogP contribution in [0.4, 0.5) is 0 Å². The van der Waals surface area contributed by atoms with E-state index in [1.807, 2.05) is 0 Å². The van der Waals surface area contributed by atoms with E-state index in [0.29, 0.717) is 27.0 Å². The van der Waals surface area contributed by atoms with Crippen LogP contribution in [-0.4, -0.2) is 29.4 Å². The fourth-order valence-corrected chi connectivity index (χ4v) is 11.9. The minimum absolute atomic E-state index is 0.454. The van der Waals surface area contributed by atoms with E-state index in [0.717, 1.165) is 12.0 Å². The van der Waals surface area contributed by atoms with E-state index in [1.165, 1.54) is 15.3 Å². The number of benzene rings is 2. The summed E-state index contributed by atoms with van der Waals surface area (Å²) in [5.41, 5.74) is 3.88. The Morgan fingerprint density at radius 3 is 2.59 bits per heavy atom. The SMILES string of the molecule is C[Si]1(C)O[C@H]2Cc3ccccc3[C@H]2C1C[Se]c1ccccc1. The van der Waals surface area contributed by atoms with Crippen molar-refractivity contribution >= 4 is 27.7 Å². The first kappa shape index (κ1) is 14.7. The fraction of sp³-hybridized carbons (Fsp3) is 0.368.